The van der Waals surface area contributed by atoms with E-state index in [4.69, 9.17) is 21.1 Å². The summed E-state index contributed by atoms with van der Waals surface area (Å²) in [6.45, 7) is 11.1. The van der Waals surface area contributed by atoms with Gasteiger partial charge in [0.05, 0.1) is 16.8 Å². The Labute approximate surface area is 236 Å². The number of nitrogens with one attached hydrogen (secondary N) is 1. The van der Waals surface area contributed by atoms with Crippen molar-refractivity contribution in [3.05, 3.63) is 52.5 Å². The molecule has 0 atom stereocenters. The standard InChI is InChI=1S/C28H33ClF3N3O5/c1-26(2,3)39-24(37)33-22-8-7-17(18-13-19(28(30,31)32)16-20(29)14-18)15-21(22)23(36)34-9-11-35(12-10-34)25(38)40-27(4,5)6/h7-8,13-16H,9-12H2,1-6H3,(H,33,37). The van der Waals surface area contributed by atoms with Crippen LogP contribution in [0.4, 0.5) is 28.4 Å². The molecule has 218 valence electrons. The molecule has 1 N–H and O–H groups in total. The van der Waals surface area contributed by atoms with Crippen LogP contribution in [0.2, 0.25) is 5.02 Å². The Hall–Kier alpha value is -3.47. The van der Waals surface area contributed by atoms with Crippen LogP contribution in [-0.4, -0.2) is 65.3 Å². The highest BCUT2D eigenvalue weighted by atomic mass is 35.5. The molecule has 12 heteroatoms. The molecule has 8 nitrogen and oxygen atoms in total. The minimum absolute atomic E-state index is 0.0441. The number of carbonyl (C=O) groups excluding carboxylic acids is 3. The Morgan fingerprint density at radius 2 is 1.38 bits per heavy atom. The monoisotopic (exact) mass is 583 g/mol. The number of ether oxygens (including phenoxy) is 2. The van der Waals surface area contributed by atoms with Crippen LogP contribution in [0.25, 0.3) is 11.1 Å². The van der Waals surface area contributed by atoms with Gasteiger partial charge in [-0.1, -0.05) is 17.7 Å². The van der Waals surface area contributed by atoms with E-state index in [0.717, 1.165) is 12.1 Å². The summed E-state index contributed by atoms with van der Waals surface area (Å²) >= 11 is 5.98. The van der Waals surface area contributed by atoms with Gasteiger partial charge in [-0.3, -0.25) is 10.1 Å². The summed E-state index contributed by atoms with van der Waals surface area (Å²) in [6.07, 6.45) is -5.91. The first kappa shape index (κ1) is 31.1. The summed E-state index contributed by atoms with van der Waals surface area (Å²) in [7, 11) is 0. The van der Waals surface area contributed by atoms with Gasteiger partial charge in [-0.25, -0.2) is 9.59 Å². The summed E-state index contributed by atoms with van der Waals surface area (Å²) in [5.41, 5.74) is -1.80. The van der Waals surface area contributed by atoms with Crippen LogP contribution in [-0.2, 0) is 15.7 Å². The highest BCUT2D eigenvalue weighted by Crippen LogP contribution is 2.36. The van der Waals surface area contributed by atoms with Crippen molar-refractivity contribution >= 4 is 35.4 Å². The highest BCUT2D eigenvalue weighted by Gasteiger charge is 2.32. The van der Waals surface area contributed by atoms with Gasteiger partial charge in [-0.15, -0.1) is 0 Å². The molecule has 0 unspecified atom stereocenters. The van der Waals surface area contributed by atoms with Crippen LogP contribution in [0.3, 0.4) is 0 Å². The van der Waals surface area contributed by atoms with Crippen LogP contribution in [0.15, 0.2) is 36.4 Å². The molecule has 3 rings (SSSR count). The van der Waals surface area contributed by atoms with E-state index in [9.17, 15) is 27.6 Å². The molecule has 1 heterocycles. The number of amides is 3. The molecule has 3 amide bonds. The average molecular weight is 584 g/mol. The van der Waals surface area contributed by atoms with E-state index in [-0.39, 0.29) is 48.0 Å². The number of rotatable bonds is 3. The van der Waals surface area contributed by atoms with Crippen molar-refractivity contribution < 1.29 is 37.0 Å². The predicted octanol–water partition coefficient (Wildman–Crippen LogP) is 7.07. The van der Waals surface area contributed by atoms with Crippen LogP contribution in [0.1, 0.15) is 57.5 Å². The number of alkyl halides is 3. The van der Waals surface area contributed by atoms with Crippen molar-refractivity contribution in [1.82, 2.24) is 9.80 Å². The second kappa shape index (κ2) is 11.6. The summed E-state index contributed by atoms with van der Waals surface area (Å²) < 4.78 is 51.0. The van der Waals surface area contributed by atoms with Crippen molar-refractivity contribution in [3.63, 3.8) is 0 Å². The molecule has 1 fully saturated rings. The lowest BCUT2D eigenvalue weighted by molar-refractivity contribution is -0.137. The molecule has 1 aliphatic heterocycles. The lowest BCUT2D eigenvalue weighted by Gasteiger charge is -2.36. The van der Waals surface area contributed by atoms with Crippen LogP contribution >= 0.6 is 11.6 Å². The van der Waals surface area contributed by atoms with E-state index >= 15 is 0 Å². The Kier molecular flexibility index (Phi) is 8.98. The lowest BCUT2D eigenvalue weighted by atomic mass is 9.99. The maximum absolute atomic E-state index is 13.7. The number of hydrogen-bond donors (Lipinski definition) is 1. The second-order valence-electron chi connectivity index (χ2n) is 11.4. The van der Waals surface area contributed by atoms with E-state index in [0.29, 0.717) is 5.56 Å². The fourth-order valence-electron chi connectivity index (χ4n) is 3.93. The van der Waals surface area contributed by atoms with Crippen LogP contribution in [0.5, 0.6) is 0 Å². The quantitative estimate of drug-likeness (QED) is 0.418. The van der Waals surface area contributed by atoms with Gasteiger partial charge in [-0.05, 0) is 83.0 Å². The third-order valence-corrected chi connectivity index (χ3v) is 5.88. The van der Waals surface area contributed by atoms with Crippen molar-refractivity contribution in [1.29, 1.82) is 0 Å². The molecule has 1 aliphatic rings. The molecular weight excluding hydrogens is 551 g/mol. The molecule has 0 saturated carbocycles. The molecule has 40 heavy (non-hydrogen) atoms. The lowest BCUT2D eigenvalue weighted by Crippen LogP contribution is -2.51. The summed E-state index contributed by atoms with van der Waals surface area (Å²) in [5, 5.41) is 2.45. The maximum atomic E-state index is 13.7. The van der Waals surface area contributed by atoms with Gasteiger partial charge >= 0.3 is 18.4 Å². The van der Waals surface area contributed by atoms with E-state index in [1.165, 1.54) is 34.1 Å². The number of anilines is 1. The van der Waals surface area contributed by atoms with Gasteiger partial charge in [0.2, 0.25) is 0 Å². The Morgan fingerprint density at radius 1 is 0.800 bits per heavy atom. The average Bonchev–Trinajstić information content (AvgIpc) is 2.80. The first-order valence-corrected chi connectivity index (χ1v) is 13.0. The Morgan fingerprint density at radius 3 is 1.93 bits per heavy atom. The summed E-state index contributed by atoms with van der Waals surface area (Å²) in [4.78, 5) is 41.6. The van der Waals surface area contributed by atoms with Crippen molar-refractivity contribution in [2.24, 2.45) is 0 Å². The number of piperazine rings is 1. The third-order valence-electron chi connectivity index (χ3n) is 5.66. The Balaban J connectivity index is 1.93. The van der Waals surface area contributed by atoms with Gasteiger partial charge in [0.15, 0.2) is 0 Å². The zero-order chi connectivity index (χ0) is 30.0. The molecule has 2 aromatic rings. The number of benzene rings is 2. The van der Waals surface area contributed by atoms with Crippen molar-refractivity contribution in [3.8, 4) is 11.1 Å². The minimum atomic E-state index is -4.62. The first-order chi connectivity index (χ1) is 18.3. The molecule has 2 aromatic carbocycles. The molecule has 0 spiro atoms. The third kappa shape index (κ3) is 8.51. The number of halogens is 4. The molecule has 0 aliphatic carbocycles. The molecular formula is C28H33ClF3N3O5. The van der Waals surface area contributed by atoms with Gasteiger partial charge in [0, 0.05) is 31.2 Å². The summed E-state index contributed by atoms with van der Waals surface area (Å²) in [5.74, 6) is -0.477. The molecule has 0 bridgehead atoms. The second-order valence-corrected chi connectivity index (χ2v) is 11.8. The topological polar surface area (TPSA) is 88.2 Å². The largest absolute Gasteiger partial charge is 0.444 e. The molecule has 0 aromatic heterocycles. The van der Waals surface area contributed by atoms with Crippen LogP contribution < -0.4 is 5.32 Å². The number of nitrogens with zero attached hydrogens (tertiary/aromatic N) is 2. The zero-order valence-corrected chi connectivity index (χ0v) is 24.0. The maximum Gasteiger partial charge on any atom is 0.416 e. The smallest absolute Gasteiger partial charge is 0.416 e. The molecule has 1 saturated heterocycles. The SMILES string of the molecule is CC(C)(C)OC(=O)Nc1ccc(-c2cc(Cl)cc(C(F)(F)F)c2)cc1C(=O)N1CCN(C(=O)OC(C)(C)C)CC1. The van der Waals surface area contributed by atoms with E-state index in [1.54, 1.807) is 41.5 Å². The fraction of sp³-hybridized carbons (Fsp3) is 0.464. The van der Waals surface area contributed by atoms with Gasteiger partial charge in [0.1, 0.15) is 11.2 Å². The number of carbonyl (C=O) groups is 3. The zero-order valence-electron chi connectivity index (χ0n) is 23.2. The minimum Gasteiger partial charge on any atom is -0.444 e. The van der Waals surface area contributed by atoms with E-state index in [2.05, 4.69) is 5.32 Å². The predicted molar refractivity (Wildman–Crippen MR) is 145 cm³/mol. The van der Waals surface area contributed by atoms with Gasteiger partial charge in [-0.2, -0.15) is 13.2 Å². The fourth-order valence-corrected chi connectivity index (χ4v) is 4.17. The Bertz CT molecular complexity index is 1280. The van der Waals surface area contributed by atoms with Gasteiger partial charge in [0.25, 0.3) is 5.91 Å². The van der Waals surface area contributed by atoms with Crippen molar-refractivity contribution in [2.75, 3.05) is 31.5 Å². The van der Waals surface area contributed by atoms with E-state index in [1.807, 2.05) is 0 Å². The normalized spacial score (nSPS) is 14.6. The highest BCUT2D eigenvalue weighted by molar-refractivity contribution is 6.31. The van der Waals surface area contributed by atoms with E-state index < -0.39 is 41.0 Å². The first-order valence-electron chi connectivity index (χ1n) is 12.6. The van der Waals surface area contributed by atoms with Gasteiger partial charge < -0.3 is 19.3 Å². The van der Waals surface area contributed by atoms with Crippen LogP contribution in [0, 0.1) is 0 Å². The molecule has 0 radical (unpaired) electrons. The number of hydrogen-bond acceptors (Lipinski definition) is 5. The summed E-state index contributed by atoms with van der Waals surface area (Å²) in [6, 6.07) is 7.44. The van der Waals surface area contributed by atoms with Crippen molar-refractivity contribution in [2.45, 2.75) is 58.9 Å².